The van der Waals surface area contributed by atoms with Crippen LogP contribution in [0.25, 0.3) is 10.8 Å². The Kier molecular flexibility index (Phi) is 23.5. The molecule has 0 aliphatic rings. The molecule has 0 amide bonds. The summed E-state index contributed by atoms with van der Waals surface area (Å²) in [6.45, 7) is 4.53. The van der Waals surface area contributed by atoms with Crippen molar-refractivity contribution in [3.63, 3.8) is 0 Å². The van der Waals surface area contributed by atoms with Gasteiger partial charge in [0.2, 0.25) is 0 Å². The Morgan fingerprint density at radius 2 is 0.927 bits per heavy atom. The largest absolute Gasteiger partial charge is 1.00 e. The van der Waals surface area contributed by atoms with Gasteiger partial charge in [0.1, 0.15) is 10.1 Å². The average molecular weight is 611 g/mol. The zero-order chi connectivity index (χ0) is 28.9. The maximum Gasteiger partial charge on any atom is 1.00 e. The van der Waals surface area contributed by atoms with Crippen molar-refractivity contribution >= 4 is 20.9 Å². The third kappa shape index (κ3) is 17.4. The standard InChI is InChI=1S/C36H60O3S.K/c1-3-5-7-9-11-13-15-17-19-21-23-26-32-28-25-29-34-31-35(40(37,38)39)30-33(36(32)34)27-24-22-20-18-16-14-12-10-8-6-4-2;/h25,28-31H,3-24,26-27H2,1-2H3,(H,37,38,39);/q;+1/p-1. The van der Waals surface area contributed by atoms with E-state index in [4.69, 9.17) is 0 Å². The van der Waals surface area contributed by atoms with Crippen LogP contribution >= 0.6 is 0 Å². The van der Waals surface area contributed by atoms with Crippen molar-refractivity contribution in [3.05, 3.63) is 41.5 Å². The summed E-state index contributed by atoms with van der Waals surface area (Å²) in [6.07, 6.45) is 30.7. The Morgan fingerprint density at radius 1 is 0.537 bits per heavy atom. The number of unbranched alkanes of at least 4 members (excludes halogenated alkanes) is 20. The zero-order valence-corrected chi connectivity index (χ0v) is 30.9. The van der Waals surface area contributed by atoms with Gasteiger partial charge in [0.15, 0.2) is 0 Å². The second-order valence-electron chi connectivity index (χ2n) is 12.1. The number of benzene rings is 2. The zero-order valence-electron chi connectivity index (χ0n) is 27.0. The minimum absolute atomic E-state index is 0. The monoisotopic (exact) mass is 610 g/mol. The Bertz CT molecular complexity index is 1030. The molecule has 3 nitrogen and oxygen atoms in total. The normalized spacial score (nSPS) is 11.7. The molecule has 41 heavy (non-hydrogen) atoms. The first-order valence-electron chi connectivity index (χ1n) is 17.0. The van der Waals surface area contributed by atoms with Crippen molar-refractivity contribution in [1.29, 1.82) is 0 Å². The summed E-state index contributed by atoms with van der Waals surface area (Å²) in [5.74, 6) is 0. The van der Waals surface area contributed by atoms with Crippen LogP contribution in [0.15, 0.2) is 35.2 Å². The molecule has 0 radical (unpaired) electrons. The Labute approximate surface area is 296 Å². The fourth-order valence-electron chi connectivity index (χ4n) is 6.08. The first kappa shape index (κ1) is 39.3. The van der Waals surface area contributed by atoms with E-state index in [0.29, 0.717) is 0 Å². The maximum atomic E-state index is 11.9. The van der Waals surface area contributed by atoms with Crippen molar-refractivity contribution in [1.82, 2.24) is 0 Å². The minimum atomic E-state index is -4.47. The van der Waals surface area contributed by atoms with Crippen LogP contribution in [0.3, 0.4) is 0 Å². The topological polar surface area (TPSA) is 57.2 Å². The van der Waals surface area contributed by atoms with Crippen LogP contribution in [-0.4, -0.2) is 13.0 Å². The average Bonchev–Trinajstić information content (AvgIpc) is 2.94. The van der Waals surface area contributed by atoms with Gasteiger partial charge in [0.05, 0.1) is 4.90 Å². The van der Waals surface area contributed by atoms with Crippen molar-refractivity contribution in [2.75, 3.05) is 0 Å². The molecule has 0 saturated heterocycles. The second kappa shape index (κ2) is 24.6. The quantitative estimate of drug-likeness (QED) is 0.0644. The first-order chi connectivity index (χ1) is 19.5. The number of aryl methyl sites for hydroxylation is 2. The molecule has 0 aromatic heterocycles. The van der Waals surface area contributed by atoms with Crippen LogP contribution in [0.4, 0.5) is 0 Å². The van der Waals surface area contributed by atoms with Crippen LogP contribution in [0, 0.1) is 0 Å². The van der Waals surface area contributed by atoms with E-state index in [9.17, 15) is 13.0 Å². The Hall–Kier alpha value is 0.246. The smallest absolute Gasteiger partial charge is 0.744 e. The molecule has 0 unspecified atom stereocenters. The molecule has 2 aromatic rings. The van der Waals surface area contributed by atoms with E-state index in [2.05, 4.69) is 19.9 Å². The molecule has 0 bridgehead atoms. The van der Waals surface area contributed by atoms with Gasteiger partial charge in [-0.3, -0.25) is 0 Å². The SMILES string of the molecule is CCCCCCCCCCCCCc1cccc2cc(S(=O)(=O)[O-])cc(CCCCCCCCCCCCC)c12.[K+]. The van der Waals surface area contributed by atoms with Crippen LogP contribution < -0.4 is 51.4 Å². The summed E-state index contributed by atoms with van der Waals surface area (Å²) in [4.78, 5) is -0.0788. The van der Waals surface area contributed by atoms with E-state index in [1.165, 1.54) is 133 Å². The molecule has 0 N–H and O–H groups in total. The van der Waals surface area contributed by atoms with E-state index in [1.54, 1.807) is 12.1 Å². The van der Waals surface area contributed by atoms with E-state index in [1.807, 2.05) is 12.1 Å². The number of hydrogen-bond donors (Lipinski definition) is 0. The van der Waals surface area contributed by atoms with Crippen molar-refractivity contribution in [3.8, 4) is 0 Å². The molecule has 0 heterocycles. The van der Waals surface area contributed by atoms with Gasteiger partial charge in [0, 0.05) is 0 Å². The van der Waals surface area contributed by atoms with Crippen molar-refractivity contribution in [2.45, 2.75) is 173 Å². The van der Waals surface area contributed by atoms with Crippen LogP contribution in [0.1, 0.15) is 166 Å². The third-order valence-electron chi connectivity index (χ3n) is 8.51. The molecule has 0 saturated carbocycles. The van der Waals surface area contributed by atoms with Crippen LogP contribution in [0.5, 0.6) is 0 Å². The summed E-state index contributed by atoms with van der Waals surface area (Å²) in [7, 11) is -4.47. The van der Waals surface area contributed by atoms with E-state index in [-0.39, 0.29) is 56.3 Å². The third-order valence-corrected chi connectivity index (χ3v) is 9.32. The number of fused-ring (bicyclic) bond motifs is 1. The Balaban J connectivity index is 0.00000840. The van der Waals surface area contributed by atoms with Gasteiger partial charge >= 0.3 is 51.4 Å². The second-order valence-corrected chi connectivity index (χ2v) is 13.5. The molecule has 0 atom stereocenters. The van der Waals surface area contributed by atoms with Gasteiger partial charge < -0.3 is 4.55 Å². The van der Waals surface area contributed by atoms with Gasteiger partial charge in [-0.15, -0.1) is 0 Å². The van der Waals surface area contributed by atoms with E-state index < -0.39 is 10.1 Å². The maximum absolute atomic E-state index is 11.9. The van der Waals surface area contributed by atoms with Crippen molar-refractivity contribution in [2.24, 2.45) is 0 Å². The molecule has 0 aliphatic carbocycles. The van der Waals surface area contributed by atoms with Gasteiger partial charge in [-0.1, -0.05) is 160 Å². The van der Waals surface area contributed by atoms with Gasteiger partial charge in [0.25, 0.3) is 0 Å². The molecule has 0 fully saturated rings. The first-order valence-corrected chi connectivity index (χ1v) is 18.4. The molecular weight excluding hydrogens is 552 g/mol. The molecular formula is C36H59KO3S. The Morgan fingerprint density at radius 3 is 1.34 bits per heavy atom. The number of hydrogen-bond acceptors (Lipinski definition) is 3. The fraction of sp³-hybridized carbons (Fsp3) is 0.722. The van der Waals surface area contributed by atoms with E-state index in [0.717, 1.165) is 43.1 Å². The molecule has 2 rings (SSSR count). The predicted octanol–water partition coefficient (Wildman–Crippen LogP) is 8.45. The minimum Gasteiger partial charge on any atom is -0.744 e. The fourth-order valence-corrected chi connectivity index (χ4v) is 6.64. The van der Waals surface area contributed by atoms with Crippen LogP contribution in [-0.2, 0) is 23.0 Å². The molecule has 0 aliphatic heterocycles. The van der Waals surface area contributed by atoms with Gasteiger partial charge in [-0.25, -0.2) is 8.42 Å². The summed E-state index contributed by atoms with van der Waals surface area (Å²) in [5.41, 5.74) is 2.35. The molecule has 0 spiro atoms. The van der Waals surface area contributed by atoms with Gasteiger partial charge in [-0.05, 0) is 59.7 Å². The van der Waals surface area contributed by atoms with Crippen LogP contribution in [0.2, 0.25) is 0 Å². The van der Waals surface area contributed by atoms with E-state index >= 15 is 0 Å². The van der Waals surface area contributed by atoms with Gasteiger partial charge in [-0.2, -0.15) is 0 Å². The molecule has 2 aromatic carbocycles. The predicted molar refractivity (Wildman–Crippen MR) is 172 cm³/mol. The molecule has 5 heteroatoms. The summed E-state index contributed by atoms with van der Waals surface area (Å²) < 4.78 is 35.7. The summed E-state index contributed by atoms with van der Waals surface area (Å²) >= 11 is 0. The molecule has 228 valence electrons. The number of rotatable bonds is 25. The summed E-state index contributed by atoms with van der Waals surface area (Å²) in [5, 5.41) is 2.09. The van der Waals surface area contributed by atoms with Crippen molar-refractivity contribution < 1.29 is 64.4 Å². The summed E-state index contributed by atoms with van der Waals surface area (Å²) in [6, 6.07) is 9.45.